The minimum atomic E-state index is -0.280. The van der Waals surface area contributed by atoms with E-state index in [1.807, 2.05) is 18.2 Å². The van der Waals surface area contributed by atoms with Gasteiger partial charge in [0, 0.05) is 3.57 Å². The van der Waals surface area contributed by atoms with Crippen LogP contribution in [0.15, 0.2) is 18.2 Å². The Morgan fingerprint density at radius 1 is 1.59 bits per heavy atom. The molecule has 1 aromatic rings. The molecule has 0 heterocycles. The van der Waals surface area contributed by atoms with Crippen LogP contribution in [0.25, 0.3) is 0 Å². The van der Waals surface area contributed by atoms with Gasteiger partial charge in [-0.2, -0.15) is 0 Å². The molecule has 0 aliphatic heterocycles. The summed E-state index contributed by atoms with van der Waals surface area (Å²) in [5.41, 5.74) is 0.786. The Kier molecular flexibility index (Phi) is 4.14. The lowest BCUT2D eigenvalue weighted by Crippen LogP contribution is -2.32. The van der Waals surface area contributed by atoms with Crippen LogP contribution in [0.2, 0.25) is 5.02 Å². The Morgan fingerprint density at radius 3 is 2.82 bits per heavy atom. The van der Waals surface area contributed by atoms with Crippen molar-refractivity contribution >= 4 is 45.8 Å². The van der Waals surface area contributed by atoms with Crippen LogP contribution in [0.4, 0.5) is 5.69 Å². The molecule has 0 amide bonds. The molecule has 5 heteroatoms. The summed E-state index contributed by atoms with van der Waals surface area (Å²) in [6, 6.07) is 5.43. The Morgan fingerprint density at radius 2 is 2.29 bits per heavy atom. The SMILES string of the molecule is COC(=O)C(Nc1ccc(I)cc1Cl)C1CC1. The molecule has 0 aromatic heterocycles. The van der Waals surface area contributed by atoms with E-state index in [9.17, 15) is 4.79 Å². The van der Waals surface area contributed by atoms with Gasteiger partial charge in [-0.15, -0.1) is 0 Å². The summed E-state index contributed by atoms with van der Waals surface area (Å²) < 4.78 is 5.87. The first kappa shape index (κ1) is 13.0. The molecule has 1 aliphatic carbocycles. The van der Waals surface area contributed by atoms with E-state index in [1.165, 1.54) is 7.11 Å². The van der Waals surface area contributed by atoms with Crippen LogP contribution in [0.1, 0.15) is 12.8 Å². The Balaban J connectivity index is 2.14. The van der Waals surface area contributed by atoms with Crippen LogP contribution in [0, 0.1) is 9.49 Å². The zero-order valence-electron chi connectivity index (χ0n) is 9.37. The topological polar surface area (TPSA) is 38.3 Å². The number of esters is 1. The zero-order valence-corrected chi connectivity index (χ0v) is 12.3. The molecule has 2 rings (SSSR count). The summed E-state index contributed by atoms with van der Waals surface area (Å²) in [6.45, 7) is 0. The fraction of sp³-hybridized carbons (Fsp3) is 0.417. The third kappa shape index (κ3) is 3.25. The van der Waals surface area contributed by atoms with Gasteiger partial charge in [0.25, 0.3) is 0 Å². The van der Waals surface area contributed by atoms with E-state index in [4.69, 9.17) is 16.3 Å². The van der Waals surface area contributed by atoms with Gasteiger partial charge in [-0.1, -0.05) is 11.6 Å². The third-order valence-electron chi connectivity index (χ3n) is 2.79. The minimum Gasteiger partial charge on any atom is -0.467 e. The second-order valence-electron chi connectivity index (χ2n) is 4.11. The molecule has 1 atom stereocenters. The van der Waals surface area contributed by atoms with E-state index in [2.05, 4.69) is 27.9 Å². The van der Waals surface area contributed by atoms with E-state index in [-0.39, 0.29) is 12.0 Å². The van der Waals surface area contributed by atoms with E-state index in [1.54, 1.807) is 0 Å². The van der Waals surface area contributed by atoms with E-state index >= 15 is 0 Å². The molecule has 1 saturated carbocycles. The fourth-order valence-electron chi connectivity index (χ4n) is 1.70. The van der Waals surface area contributed by atoms with Gasteiger partial charge in [0.2, 0.25) is 0 Å². The molecule has 3 nitrogen and oxygen atoms in total. The largest absolute Gasteiger partial charge is 0.467 e. The normalized spacial score (nSPS) is 16.4. The number of nitrogens with one attached hydrogen (secondary N) is 1. The number of carbonyl (C=O) groups is 1. The fourth-order valence-corrected chi connectivity index (χ4v) is 2.61. The molecular weight excluding hydrogens is 352 g/mol. The number of ether oxygens (including phenoxy) is 1. The Bertz CT molecular complexity index is 435. The number of hydrogen-bond acceptors (Lipinski definition) is 3. The van der Waals surface area contributed by atoms with Crippen molar-refractivity contribution in [1.29, 1.82) is 0 Å². The standard InChI is InChI=1S/C12H13ClINO2/c1-17-12(16)11(7-2-3-7)15-10-5-4-8(14)6-9(10)13/h4-7,11,15H,2-3H2,1H3. The molecule has 1 aliphatic rings. The molecule has 0 radical (unpaired) electrons. The van der Waals surface area contributed by atoms with Crippen molar-refractivity contribution in [3.63, 3.8) is 0 Å². The number of benzene rings is 1. The van der Waals surface area contributed by atoms with Crippen LogP contribution in [0.3, 0.4) is 0 Å². The first-order valence-corrected chi connectivity index (χ1v) is 6.87. The number of rotatable bonds is 4. The molecule has 1 aromatic carbocycles. The summed E-state index contributed by atoms with van der Waals surface area (Å²) in [5, 5.41) is 3.81. The molecular formula is C12H13ClINO2. The molecule has 92 valence electrons. The Labute approximate surface area is 119 Å². The Hall–Kier alpha value is -0.490. The highest BCUT2D eigenvalue weighted by Gasteiger charge is 2.37. The summed E-state index contributed by atoms with van der Waals surface area (Å²) >= 11 is 8.33. The highest BCUT2D eigenvalue weighted by molar-refractivity contribution is 14.1. The van der Waals surface area contributed by atoms with Crippen molar-refractivity contribution in [3.8, 4) is 0 Å². The van der Waals surface area contributed by atoms with Crippen LogP contribution < -0.4 is 5.32 Å². The first-order chi connectivity index (χ1) is 8.11. The maximum Gasteiger partial charge on any atom is 0.328 e. The van der Waals surface area contributed by atoms with Gasteiger partial charge < -0.3 is 10.1 Å². The molecule has 17 heavy (non-hydrogen) atoms. The van der Waals surface area contributed by atoms with Crippen molar-refractivity contribution in [3.05, 3.63) is 26.8 Å². The molecule has 0 bridgehead atoms. The maximum absolute atomic E-state index is 11.6. The lowest BCUT2D eigenvalue weighted by Gasteiger charge is -2.18. The van der Waals surface area contributed by atoms with Crippen LogP contribution in [-0.2, 0) is 9.53 Å². The van der Waals surface area contributed by atoms with Crippen molar-refractivity contribution in [2.24, 2.45) is 5.92 Å². The van der Waals surface area contributed by atoms with Crippen LogP contribution in [0.5, 0.6) is 0 Å². The second kappa shape index (κ2) is 5.44. The van der Waals surface area contributed by atoms with Crippen molar-refractivity contribution in [1.82, 2.24) is 0 Å². The van der Waals surface area contributed by atoms with Gasteiger partial charge in [0.05, 0.1) is 17.8 Å². The van der Waals surface area contributed by atoms with E-state index in [0.29, 0.717) is 10.9 Å². The van der Waals surface area contributed by atoms with Crippen LogP contribution in [-0.4, -0.2) is 19.1 Å². The van der Waals surface area contributed by atoms with Gasteiger partial charge in [-0.05, 0) is 59.5 Å². The number of carbonyl (C=O) groups excluding carboxylic acids is 1. The molecule has 0 saturated heterocycles. The summed E-state index contributed by atoms with van der Waals surface area (Å²) in [6.07, 6.45) is 2.13. The lowest BCUT2D eigenvalue weighted by molar-refractivity contribution is -0.142. The summed E-state index contributed by atoms with van der Waals surface area (Å²) in [5.74, 6) is 0.153. The quantitative estimate of drug-likeness (QED) is 0.657. The van der Waals surface area contributed by atoms with E-state index < -0.39 is 0 Å². The number of methoxy groups -OCH3 is 1. The number of anilines is 1. The smallest absolute Gasteiger partial charge is 0.328 e. The highest BCUT2D eigenvalue weighted by atomic mass is 127. The van der Waals surface area contributed by atoms with Gasteiger partial charge in [0.1, 0.15) is 6.04 Å². The third-order valence-corrected chi connectivity index (χ3v) is 3.77. The summed E-state index contributed by atoms with van der Waals surface area (Å²) in [4.78, 5) is 11.6. The highest BCUT2D eigenvalue weighted by Crippen LogP contribution is 2.36. The van der Waals surface area contributed by atoms with Gasteiger partial charge >= 0.3 is 5.97 Å². The molecule has 1 unspecified atom stereocenters. The first-order valence-electron chi connectivity index (χ1n) is 5.41. The van der Waals surface area contributed by atoms with Gasteiger partial charge in [0.15, 0.2) is 0 Å². The lowest BCUT2D eigenvalue weighted by atomic mass is 10.1. The average molecular weight is 366 g/mol. The molecule has 1 N–H and O–H groups in total. The van der Waals surface area contributed by atoms with Crippen molar-refractivity contribution in [2.45, 2.75) is 18.9 Å². The predicted octanol–water partition coefficient (Wildman–Crippen LogP) is 3.31. The minimum absolute atomic E-state index is 0.220. The van der Waals surface area contributed by atoms with Crippen molar-refractivity contribution in [2.75, 3.05) is 12.4 Å². The average Bonchev–Trinajstić information content (AvgIpc) is 3.11. The summed E-state index contributed by atoms with van der Waals surface area (Å²) in [7, 11) is 1.41. The zero-order chi connectivity index (χ0) is 12.4. The monoisotopic (exact) mass is 365 g/mol. The molecule has 0 spiro atoms. The molecule has 1 fully saturated rings. The van der Waals surface area contributed by atoms with Crippen LogP contribution >= 0.6 is 34.2 Å². The van der Waals surface area contributed by atoms with E-state index in [0.717, 1.165) is 22.1 Å². The van der Waals surface area contributed by atoms with Gasteiger partial charge in [-0.25, -0.2) is 4.79 Å². The second-order valence-corrected chi connectivity index (χ2v) is 5.76. The predicted molar refractivity (Wildman–Crippen MR) is 76.3 cm³/mol. The van der Waals surface area contributed by atoms with Crippen molar-refractivity contribution < 1.29 is 9.53 Å². The maximum atomic E-state index is 11.6. The number of hydrogen-bond donors (Lipinski definition) is 1. The number of halogens is 2. The van der Waals surface area contributed by atoms with Gasteiger partial charge in [-0.3, -0.25) is 0 Å².